The van der Waals surface area contributed by atoms with Gasteiger partial charge in [0.15, 0.2) is 0 Å². The molecular weight excluding hydrogens is 913 g/mol. The Morgan fingerprint density at radius 3 is 1.64 bits per heavy atom. The number of nitrogens with zero attached hydrogens (tertiary/aromatic N) is 4. The molecule has 0 fully saturated rings. The zero-order valence-electron chi connectivity index (χ0n) is 45.2. The lowest BCUT2D eigenvalue weighted by Gasteiger charge is -2.30. The lowest BCUT2D eigenvalue weighted by molar-refractivity contribution is 0.480. The summed E-state index contributed by atoms with van der Waals surface area (Å²) >= 11 is 0. The molecule has 1 aliphatic rings. The second-order valence-electron chi connectivity index (χ2n) is 23.5. The summed E-state index contributed by atoms with van der Waals surface area (Å²) < 4.78 is 9.56. The van der Waals surface area contributed by atoms with Gasteiger partial charge in [0.25, 0.3) is 0 Å². The van der Waals surface area contributed by atoms with Crippen molar-refractivity contribution in [1.29, 1.82) is 0 Å². The predicted octanol–water partition coefficient (Wildman–Crippen LogP) is 18.2. The summed E-state index contributed by atoms with van der Waals surface area (Å²) in [6, 6.07) is 74.9. The quantitative estimate of drug-likeness (QED) is 0.129. The summed E-state index contributed by atoms with van der Waals surface area (Å²) in [4.78, 5) is 9.95. The number of benzene rings is 8. The number of hydrogen-bond donors (Lipinski definition) is 0. The standard InChI is InChI=1S/C70H68N4O/c1-67(2,3)53-31-34-63-62(42-53)61-33-32-59(45-64(61)74(63)66-43-54(35-36-71-66)69(7,8)51-27-19-13-20-28-51)75-60-41-56(70(9,10)52-29-21-14-22-30-52)40-58(44-60)73-47-72(46-65(73)49-25-17-12-18-26-49)57-38-50(48-23-15-11-16-24-48)37-55(39-57)68(4,5)6/h11-46H,47H2,1-10H3. The summed E-state index contributed by atoms with van der Waals surface area (Å²) in [6.45, 7) is 23.6. The van der Waals surface area contributed by atoms with E-state index in [1.54, 1.807) is 0 Å². The maximum absolute atomic E-state index is 7.24. The topological polar surface area (TPSA) is 33.5 Å². The van der Waals surface area contributed by atoms with Crippen LogP contribution in [0.1, 0.15) is 108 Å². The SMILES string of the molecule is CC(C)(C)c1cc(-c2ccccc2)cc(N2C=C(c3ccccc3)N(c3cc(Oc4ccc5c6cc(C(C)(C)C)ccc6n(-c6cc(C(C)(C)c7ccccc7)ccn6)c5c4)cc(C(C)(C)c4ccccc4)c3)C2)c1. The van der Waals surface area contributed by atoms with Crippen molar-refractivity contribution >= 4 is 38.9 Å². The Kier molecular flexibility index (Phi) is 12.4. The van der Waals surface area contributed by atoms with E-state index in [0.29, 0.717) is 6.67 Å². The fraction of sp³-hybridized carbons (Fsp3) is 0.214. The molecule has 2 aromatic heterocycles. The van der Waals surface area contributed by atoms with Crippen LogP contribution in [-0.2, 0) is 21.7 Å². The number of pyridine rings is 1. The zero-order chi connectivity index (χ0) is 52.3. The van der Waals surface area contributed by atoms with E-state index >= 15 is 0 Å². The molecule has 0 bridgehead atoms. The zero-order valence-corrected chi connectivity index (χ0v) is 45.2. The van der Waals surface area contributed by atoms with Crippen molar-refractivity contribution in [2.45, 2.75) is 90.9 Å². The molecule has 0 amide bonds. The third-order valence-corrected chi connectivity index (χ3v) is 15.6. The van der Waals surface area contributed by atoms with Crippen molar-refractivity contribution in [3.05, 3.63) is 258 Å². The first kappa shape index (κ1) is 49.1. The van der Waals surface area contributed by atoms with Gasteiger partial charge in [-0.15, -0.1) is 0 Å². The van der Waals surface area contributed by atoms with Crippen molar-refractivity contribution in [2.75, 3.05) is 16.5 Å². The van der Waals surface area contributed by atoms with Gasteiger partial charge in [0.05, 0.1) is 23.4 Å². The molecular formula is C70H68N4O. The number of rotatable bonds is 11. The van der Waals surface area contributed by atoms with Gasteiger partial charge in [-0.2, -0.15) is 0 Å². The molecule has 374 valence electrons. The molecule has 0 aliphatic carbocycles. The first-order valence-corrected chi connectivity index (χ1v) is 26.4. The molecule has 3 heterocycles. The van der Waals surface area contributed by atoms with Gasteiger partial charge in [-0.3, -0.25) is 4.57 Å². The van der Waals surface area contributed by atoms with Gasteiger partial charge < -0.3 is 14.5 Å². The molecule has 11 rings (SSSR count). The lowest BCUT2D eigenvalue weighted by Crippen LogP contribution is -2.27. The third kappa shape index (κ3) is 9.53. The molecule has 1 aliphatic heterocycles. The Bertz CT molecular complexity index is 3730. The smallest absolute Gasteiger partial charge is 0.137 e. The minimum atomic E-state index is -0.359. The van der Waals surface area contributed by atoms with E-state index in [2.05, 4.69) is 296 Å². The Morgan fingerprint density at radius 1 is 0.400 bits per heavy atom. The van der Waals surface area contributed by atoms with Gasteiger partial charge in [0.2, 0.25) is 0 Å². The highest BCUT2D eigenvalue weighted by Crippen LogP contribution is 2.44. The van der Waals surface area contributed by atoms with Gasteiger partial charge in [0, 0.05) is 57.5 Å². The monoisotopic (exact) mass is 981 g/mol. The van der Waals surface area contributed by atoms with Crippen LogP contribution in [0.2, 0.25) is 0 Å². The molecule has 5 nitrogen and oxygen atoms in total. The van der Waals surface area contributed by atoms with Crippen LogP contribution < -0.4 is 14.5 Å². The van der Waals surface area contributed by atoms with Crippen molar-refractivity contribution in [3.8, 4) is 28.4 Å². The van der Waals surface area contributed by atoms with Crippen molar-refractivity contribution in [2.24, 2.45) is 0 Å². The fourth-order valence-electron chi connectivity index (χ4n) is 10.8. The van der Waals surface area contributed by atoms with E-state index < -0.39 is 0 Å². The molecule has 10 aromatic rings. The summed E-state index contributed by atoms with van der Waals surface area (Å²) in [5, 5.41) is 2.34. The average molecular weight is 981 g/mol. The van der Waals surface area contributed by atoms with Crippen LogP contribution in [-0.4, -0.2) is 16.2 Å². The maximum atomic E-state index is 7.24. The third-order valence-electron chi connectivity index (χ3n) is 15.6. The highest BCUT2D eigenvalue weighted by atomic mass is 16.5. The van der Waals surface area contributed by atoms with Crippen LogP contribution in [0.15, 0.2) is 219 Å². The summed E-state index contributed by atoms with van der Waals surface area (Å²) in [7, 11) is 0. The molecule has 0 spiro atoms. The molecule has 5 heteroatoms. The van der Waals surface area contributed by atoms with Gasteiger partial charge in [0.1, 0.15) is 17.3 Å². The average Bonchev–Trinajstić information content (AvgIpc) is 4.02. The molecule has 0 saturated carbocycles. The van der Waals surface area contributed by atoms with Gasteiger partial charge >= 0.3 is 0 Å². The number of hydrogen-bond acceptors (Lipinski definition) is 4. The van der Waals surface area contributed by atoms with Gasteiger partial charge in [-0.1, -0.05) is 203 Å². The summed E-state index contributed by atoms with van der Waals surface area (Å²) in [6.07, 6.45) is 4.28. The van der Waals surface area contributed by atoms with Crippen molar-refractivity contribution < 1.29 is 4.74 Å². The largest absolute Gasteiger partial charge is 0.457 e. The highest BCUT2D eigenvalue weighted by molar-refractivity contribution is 6.10. The Morgan fingerprint density at radius 2 is 1.00 bits per heavy atom. The fourth-order valence-corrected chi connectivity index (χ4v) is 10.8. The van der Waals surface area contributed by atoms with E-state index in [0.717, 1.165) is 61.9 Å². The van der Waals surface area contributed by atoms with Crippen LogP contribution in [0.25, 0.3) is 44.4 Å². The van der Waals surface area contributed by atoms with E-state index in [-0.39, 0.29) is 21.7 Å². The molecule has 0 radical (unpaired) electrons. The van der Waals surface area contributed by atoms with Gasteiger partial charge in [-0.25, -0.2) is 4.98 Å². The highest BCUT2D eigenvalue weighted by Gasteiger charge is 2.31. The summed E-state index contributed by atoms with van der Waals surface area (Å²) in [5.74, 6) is 2.38. The van der Waals surface area contributed by atoms with Crippen LogP contribution in [0.5, 0.6) is 11.5 Å². The Balaban J connectivity index is 1.05. The number of anilines is 2. The molecule has 0 unspecified atom stereocenters. The predicted molar refractivity (Wildman–Crippen MR) is 316 cm³/mol. The molecule has 75 heavy (non-hydrogen) atoms. The summed E-state index contributed by atoms with van der Waals surface area (Å²) in [5.41, 5.74) is 15.7. The number of aromatic nitrogens is 2. The van der Waals surface area contributed by atoms with Crippen molar-refractivity contribution in [3.63, 3.8) is 0 Å². The Hall–Kier alpha value is -8.15. The number of ether oxygens (including phenoxy) is 1. The second-order valence-corrected chi connectivity index (χ2v) is 23.5. The molecule has 0 atom stereocenters. The van der Waals surface area contributed by atoms with E-state index in [9.17, 15) is 0 Å². The first-order valence-electron chi connectivity index (χ1n) is 26.4. The normalized spacial score (nSPS) is 13.4. The second kappa shape index (κ2) is 19.0. The maximum Gasteiger partial charge on any atom is 0.137 e. The van der Waals surface area contributed by atoms with Gasteiger partial charge in [-0.05, 0) is 122 Å². The van der Waals surface area contributed by atoms with E-state index in [4.69, 9.17) is 9.72 Å². The van der Waals surface area contributed by atoms with E-state index in [1.165, 1.54) is 44.3 Å². The van der Waals surface area contributed by atoms with Crippen LogP contribution in [0, 0.1) is 0 Å². The molecule has 0 saturated heterocycles. The lowest BCUT2D eigenvalue weighted by atomic mass is 9.78. The molecule has 8 aromatic carbocycles. The first-order chi connectivity index (χ1) is 35.9. The van der Waals surface area contributed by atoms with Crippen LogP contribution in [0.3, 0.4) is 0 Å². The minimum Gasteiger partial charge on any atom is -0.457 e. The minimum absolute atomic E-state index is 0.0245. The van der Waals surface area contributed by atoms with Crippen LogP contribution in [0.4, 0.5) is 11.4 Å². The van der Waals surface area contributed by atoms with E-state index in [1.807, 2.05) is 6.20 Å². The molecule has 0 N–H and O–H groups in total. The van der Waals surface area contributed by atoms with Crippen LogP contribution >= 0.6 is 0 Å². The van der Waals surface area contributed by atoms with Crippen molar-refractivity contribution in [1.82, 2.24) is 9.55 Å². The Labute approximate surface area is 444 Å². The number of fused-ring (bicyclic) bond motifs is 3.